The fraction of sp³-hybridized carbons (Fsp3) is 0.261. The predicted octanol–water partition coefficient (Wildman–Crippen LogP) is 2.51. The molecule has 1 aromatic carbocycles. The van der Waals surface area contributed by atoms with E-state index in [1.165, 1.54) is 12.1 Å². The summed E-state index contributed by atoms with van der Waals surface area (Å²) >= 11 is 0.795. The summed E-state index contributed by atoms with van der Waals surface area (Å²) < 4.78 is 23.8. The summed E-state index contributed by atoms with van der Waals surface area (Å²) in [7, 11) is 0. The maximum Gasteiger partial charge on any atom is 0.269 e. The Bertz CT molecular complexity index is 1730. The van der Waals surface area contributed by atoms with Crippen molar-refractivity contribution in [1.29, 1.82) is 5.26 Å². The van der Waals surface area contributed by atoms with Crippen LogP contribution in [0.25, 0.3) is 22.3 Å². The van der Waals surface area contributed by atoms with Gasteiger partial charge in [0.1, 0.15) is 28.5 Å². The molecule has 0 amide bonds. The van der Waals surface area contributed by atoms with Crippen LogP contribution in [0.5, 0.6) is 11.5 Å². The van der Waals surface area contributed by atoms with Crippen molar-refractivity contribution in [3.63, 3.8) is 0 Å². The topological polar surface area (TPSA) is 149 Å². The van der Waals surface area contributed by atoms with Crippen LogP contribution in [0.15, 0.2) is 32.6 Å². The molecular formula is C23H17FN4O5S. The van der Waals surface area contributed by atoms with E-state index in [4.69, 9.17) is 10.00 Å². The van der Waals surface area contributed by atoms with Gasteiger partial charge in [-0.15, -0.1) is 0 Å². The number of benzene rings is 1. The predicted molar refractivity (Wildman–Crippen MR) is 122 cm³/mol. The number of nitriles is 1. The van der Waals surface area contributed by atoms with Crippen LogP contribution in [-0.4, -0.2) is 26.1 Å². The maximum atomic E-state index is 14.4. The lowest BCUT2D eigenvalue weighted by Gasteiger charge is -2.11. The van der Waals surface area contributed by atoms with Crippen molar-refractivity contribution in [2.75, 3.05) is 6.61 Å². The Morgan fingerprint density at radius 1 is 1.21 bits per heavy atom. The van der Waals surface area contributed by atoms with Gasteiger partial charge in [-0.2, -0.15) is 9.64 Å². The van der Waals surface area contributed by atoms with E-state index in [0.29, 0.717) is 23.4 Å². The smallest absolute Gasteiger partial charge is 0.269 e. The van der Waals surface area contributed by atoms with E-state index in [1.54, 1.807) is 6.07 Å². The third kappa shape index (κ3) is 3.82. The molecule has 2 aromatic rings. The minimum absolute atomic E-state index is 0.118. The molecule has 11 heteroatoms. The quantitative estimate of drug-likeness (QED) is 0.359. The van der Waals surface area contributed by atoms with Gasteiger partial charge in [0, 0.05) is 11.5 Å². The molecule has 2 aliphatic carbocycles. The van der Waals surface area contributed by atoms with Gasteiger partial charge in [0.25, 0.3) is 16.4 Å². The number of aryl methyl sites for hydroxylation is 1. The highest BCUT2D eigenvalue weighted by Crippen LogP contribution is 2.36. The SMILES string of the molecule is N#CCOc1cc2snc(-c3c(O)c4cc(F)cc(CCC5CC5)c4[nH]c3=O)[nH]c=2c(=O)c1=O. The van der Waals surface area contributed by atoms with Crippen molar-refractivity contribution < 1.29 is 14.2 Å². The van der Waals surface area contributed by atoms with E-state index in [0.717, 1.165) is 36.9 Å². The number of nitrogens with zero attached hydrogens (tertiary/aromatic N) is 2. The third-order valence-electron chi connectivity index (χ3n) is 5.83. The van der Waals surface area contributed by atoms with Crippen LogP contribution in [-0.2, 0) is 6.42 Å². The number of halogens is 1. The monoisotopic (exact) mass is 480 g/mol. The maximum absolute atomic E-state index is 14.4. The molecule has 1 saturated carbocycles. The first-order valence-electron chi connectivity index (χ1n) is 10.5. The highest BCUT2D eigenvalue weighted by atomic mass is 32.1. The Morgan fingerprint density at radius 3 is 2.74 bits per heavy atom. The summed E-state index contributed by atoms with van der Waals surface area (Å²) in [5.74, 6) is -0.852. The molecule has 0 spiro atoms. The third-order valence-corrected chi connectivity index (χ3v) is 6.63. The van der Waals surface area contributed by atoms with Gasteiger partial charge in [-0.05, 0) is 48.0 Å². The van der Waals surface area contributed by atoms with E-state index < -0.39 is 34.6 Å². The largest absolute Gasteiger partial charge is 0.506 e. The highest BCUT2D eigenvalue weighted by Gasteiger charge is 2.23. The van der Waals surface area contributed by atoms with Crippen molar-refractivity contribution in [3.05, 3.63) is 70.3 Å². The first kappa shape index (κ1) is 21.8. The lowest BCUT2D eigenvalue weighted by molar-refractivity contribution is 0.364. The standard InChI is InChI=1S/C23H17FN4O5S/c24-12-7-11(4-3-10-1-2-10)17-13(8-12)19(29)16(23(32)27-17)22-26-18-15(34-28-22)9-14(33-6-5-25)20(30)21(18)31/h7-10H,1-4,6H2,(H,26,28)(H2,27,29,32). The number of hydrogen-bond acceptors (Lipinski definition) is 8. The second-order valence-electron chi connectivity index (χ2n) is 8.16. The van der Waals surface area contributed by atoms with Gasteiger partial charge < -0.3 is 19.8 Å². The first-order valence-corrected chi connectivity index (χ1v) is 11.3. The summed E-state index contributed by atoms with van der Waals surface area (Å²) in [5.41, 5.74) is -1.90. The molecule has 9 nitrogen and oxygen atoms in total. The molecule has 3 aliphatic rings. The van der Waals surface area contributed by atoms with Crippen LogP contribution in [0.1, 0.15) is 24.8 Å². The first-order chi connectivity index (χ1) is 16.4. The average Bonchev–Trinajstić information content (AvgIpc) is 3.64. The Morgan fingerprint density at radius 2 is 2.00 bits per heavy atom. The number of aromatic hydroxyl groups is 1. The van der Waals surface area contributed by atoms with Gasteiger partial charge in [0.15, 0.2) is 18.2 Å². The summed E-state index contributed by atoms with van der Waals surface area (Å²) in [5, 5.41) is 19.5. The van der Waals surface area contributed by atoms with Gasteiger partial charge in [-0.25, -0.2) is 4.39 Å². The van der Waals surface area contributed by atoms with Crippen molar-refractivity contribution in [1.82, 2.24) is 14.3 Å². The number of hydrogen-bond donors (Lipinski definition) is 3. The minimum atomic E-state index is -0.956. The molecule has 0 atom stereocenters. The summed E-state index contributed by atoms with van der Waals surface area (Å²) in [4.78, 5) is 43.2. The summed E-state index contributed by atoms with van der Waals surface area (Å²) in [6.07, 6.45) is 3.72. The minimum Gasteiger partial charge on any atom is -0.506 e. The lowest BCUT2D eigenvalue weighted by Crippen LogP contribution is -2.27. The Balaban J connectivity index is 1.68. The number of rotatable bonds is 6. The van der Waals surface area contributed by atoms with E-state index in [-0.39, 0.29) is 32.4 Å². The van der Waals surface area contributed by atoms with Crippen molar-refractivity contribution >= 4 is 22.4 Å². The molecule has 0 unspecified atom stereocenters. The zero-order chi connectivity index (χ0) is 24.0. The zero-order valence-electron chi connectivity index (χ0n) is 17.6. The van der Waals surface area contributed by atoms with Crippen molar-refractivity contribution in [2.24, 2.45) is 5.92 Å². The van der Waals surface area contributed by atoms with Crippen LogP contribution in [0.4, 0.5) is 4.39 Å². The number of aromatic nitrogens is 3. The van der Waals surface area contributed by atoms with Crippen molar-refractivity contribution in [3.8, 4) is 29.0 Å². The molecular weight excluding hydrogens is 463 g/mol. The molecule has 1 aliphatic heterocycles. The number of ether oxygens (including phenoxy) is 1. The van der Waals surface area contributed by atoms with Gasteiger partial charge in [-0.3, -0.25) is 14.4 Å². The van der Waals surface area contributed by atoms with Crippen molar-refractivity contribution in [2.45, 2.75) is 25.7 Å². The van der Waals surface area contributed by atoms with Crippen LogP contribution in [0.3, 0.4) is 0 Å². The number of pyridine rings is 1. The summed E-state index contributed by atoms with van der Waals surface area (Å²) in [6.45, 7) is -0.403. The van der Waals surface area contributed by atoms with E-state index >= 15 is 0 Å². The Kier molecular flexibility index (Phi) is 5.37. The normalized spacial score (nSPS) is 13.3. The fourth-order valence-corrected chi connectivity index (χ4v) is 4.67. The molecule has 0 bridgehead atoms. The van der Waals surface area contributed by atoms with E-state index in [9.17, 15) is 23.9 Å². The fourth-order valence-electron chi connectivity index (χ4n) is 3.94. The number of fused-ring (bicyclic) bond motifs is 1. The highest BCUT2D eigenvalue weighted by molar-refractivity contribution is 7.03. The number of nitrogens with one attached hydrogen (secondary N) is 2. The average molecular weight is 480 g/mol. The van der Waals surface area contributed by atoms with Crippen LogP contribution in [0.2, 0.25) is 0 Å². The van der Waals surface area contributed by atoms with Crippen LogP contribution < -0.4 is 21.2 Å². The molecule has 1 fully saturated rings. The number of H-pyrrole nitrogens is 2. The Hall–Kier alpha value is -4.04. The van der Waals surface area contributed by atoms with Gasteiger partial charge in [0.05, 0.1) is 10.0 Å². The molecule has 34 heavy (non-hydrogen) atoms. The van der Waals surface area contributed by atoms with E-state index in [2.05, 4.69) is 14.3 Å². The van der Waals surface area contributed by atoms with Crippen LogP contribution >= 0.6 is 11.5 Å². The lowest BCUT2D eigenvalue weighted by atomic mass is 10.0. The summed E-state index contributed by atoms with van der Waals surface area (Å²) in [6, 6.07) is 5.48. The van der Waals surface area contributed by atoms with Crippen LogP contribution in [0, 0.1) is 32.9 Å². The van der Waals surface area contributed by atoms with Gasteiger partial charge in [0.2, 0.25) is 0 Å². The molecule has 0 radical (unpaired) electrons. The second-order valence-corrected chi connectivity index (χ2v) is 8.96. The second kappa shape index (κ2) is 8.39. The molecule has 1 aromatic heterocycles. The van der Waals surface area contributed by atoms with Gasteiger partial charge >= 0.3 is 0 Å². The molecule has 0 saturated heterocycles. The van der Waals surface area contributed by atoms with Gasteiger partial charge in [-0.1, -0.05) is 12.8 Å². The molecule has 2 heterocycles. The number of aromatic amines is 2. The molecule has 3 N–H and O–H groups in total. The molecule has 172 valence electrons. The Labute approximate surface area is 193 Å². The van der Waals surface area contributed by atoms with E-state index in [1.807, 2.05) is 0 Å². The zero-order valence-corrected chi connectivity index (χ0v) is 18.4. The molecule has 5 rings (SSSR count).